The highest BCUT2D eigenvalue weighted by Gasteiger charge is 2.76. The van der Waals surface area contributed by atoms with E-state index in [0.717, 1.165) is 24.0 Å². The largest absolute Gasteiger partial charge is 0.632 e. The van der Waals surface area contributed by atoms with Crippen molar-refractivity contribution in [3.63, 3.8) is 0 Å². The molecule has 2 bridgehead atoms. The summed E-state index contributed by atoms with van der Waals surface area (Å²) in [4.78, 5) is 12.7. The van der Waals surface area contributed by atoms with Gasteiger partial charge in [0.1, 0.15) is 11.6 Å². The molecule has 1 unspecified atom stereocenters. The Morgan fingerprint density at radius 3 is 2.88 bits per heavy atom. The molecule has 1 saturated heterocycles. The molecule has 6 rings (SSSR count). The topological polar surface area (TPSA) is 89.8 Å². The molecule has 5 atom stereocenters. The van der Waals surface area contributed by atoms with Gasteiger partial charge in [0, 0.05) is 30.7 Å². The van der Waals surface area contributed by atoms with Gasteiger partial charge in [-0.1, -0.05) is 6.07 Å². The highest BCUT2D eigenvalue weighted by Crippen LogP contribution is 2.66. The Morgan fingerprint density at radius 2 is 2.12 bits per heavy atom. The lowest BCUT2D eigenvalue weighted by Crippen LogP contribution is -2.80. The predicted molar refractivity (Wildman–Crippen MR) is 91.6 cm³/mol. The number of nitrogens with zero attached hydrogens (tertiary/aromatic N) is 1. The first kappa shape index (κ1) is 15.4. The van der Waals surface area contributed by atoms with Gasteiger partial charge in [0.15, 0.2) is 23.4 Å². The minimum absolute atomic E-state index is 0.0209. The number of carbonyl (C=O) groups is 1. The van der Waals surface area contributed by atoms with E-state index in [-0.39, 0.29) is 22.6 Å². The second-order valence-electron chi connectivity index (χ2n) is 9.08. The van der Waals surface area contributed by atoms with Crippen molar-refractivity contribution >= 4 is 5.78 Å². The van der Waals surface area contributed by atoms with Crippen molar-refractivity contribution in [1.29, 1.82) is 0 Å². The molecule has 0 amide bonds. The number of rotatable bonds is 2. The molecule has 0 aromatic heterocycles. The SMILES string of the molecule is O=C1CC[C@@]2(O)[C@H]3Cc4ccc(O)c5c4[C@@]2(CC[N+]3([O-])CC2CC2)[C@H]1O5. The van der Waals surface area contributed by atoms with Crippen LogP contribution < -0.4 is 4.74 Å². The fourth-order valence-electron chi connectivity index (χ4n) is 6.54. The number of Topliss-reactive ketones (excluding diaryl/α,β-unsaturated/α-hetero) is 1. The molecule has 2 saturated carbocycles. The number of hydroxylamine groups is 3. The number of carbonyl (C=O) groups excluding carboxylic acids is 1. The van der Waals surface area contributed by atoms with Gasteiger partial charge in [0.05, 0.1) is 18.5 Å². The van der Waals surface area contributed by atoms with Crippen molar-refractivity contribution in [1.82, 2.24) is 0 Å². The first-order chi connectivity index (χ1) is 12.4. The number of quaternary nitrogens is 1. The quantitative estimate of drug-likeness (QED) is 0.619. The van der Waals surface area contributed by atoms with E-state index in [2.05, 4.69) is 0 Å². The van der Waals surface area contributed by atoms with Crippen LogP contribution in [0, 0.1) is 11.1 Å². The standard InChI is InChI=1S/C20H23NO5/c22-13-4-3-12-9-15-20(24)6-5-14(23)18-19(20,16(12)17(13)26-18)7-8-21(15,25)10-11-1-2-11/h3-4,11,15,18,22,24H,1-2,5-10H2/t15-,18+,19+,20-,21?/m1/s1. The van der Waals surface area contributed by atoms with Crippen LogP contribution in [0.1, 0.15) is 43.2 Å². The maximum absolute atomic E-state index is 13.9. The van der Waals surface area contributed by atoms with E-state index < -0.39 is 23.2 Å². The number of benzene rings is 1. The molecule has 6 heteroatoms. The molecule has 3 aliphatic carbocycles. The van der Waals surface area contributed by atoms with Crippen LogP contribution in [0.25, 0.3) is 0 Å². The molecule has 1 aromatic rings. The van der Waals surface area contributed by atoms with Gasteiger partial charge >= 0.3 is 0 Å². The average molecular weight is 357 g/mol. The molecule has 2 N–H and O–H groups in total. The summed E-state index contributed by atoms with van der Waals surface area (Å²) in [7, 11) is 0. The van der Waals surface area contributed by atoms with Gasteiger partial charge in [0.2, 0.25) is 0 Å². The third kappa shape index (κ3) is 1.54. The zero-order chi connectivity index (χ0) is 17.9. The molecule has 2 heterocycles. The fourth-order valence-corrected chi connectivity index (χ4v) is 6.54. The van der Waals surface area contributed by atoms with Crippen LogP contribution in [0.5, 0.6) is 11.5 Å². The maximum atomic E-state index is 13.9. The molecule has 1 aromatic carbocycles. The van der Waals surface area contributed by atoms with Crippen molar-refractivity contribution in [2.24, 2.45) is 5.92 Å². The van der Waals surface area contributed by atoms with Gasteiger partial charge in [-0.3, -0.25) is 4.79 Å². The van der Waals surface area contributed by atoms with Gasteiger partial charge in [0.25, 0.3) is 0 Å². The highest BCUT2D eigenvalue weighted by molar-refractivity contribution is 5.90. The number of hydrogen-bond acceptors (Lipinski definition) is 5. The predicted octanol–water partition coefficient (Wildman–Crippen LogP) is 1.54. The van der Waals surface area contributed by atoms with E-state index in [0.29, 0.717) is 44.0 Å². The minimum atomic E-state index is -1.24. The zero-order valence-electron chi connectivity index (χ0n) is 14.6. The maximum Gasteiger partial charge on any atom is 0.174 e. The number of piperidine rings is 1. The Balaban J connectivity index is 1.60. The summed E-state index contributed by atoms with van der Waals surface area (Å²) in [6.45, 7) is 0.980. The second kappa shape index (κ2) is 4.43. The van der Waals surface area contributed by atoms with Crippen molar-refractivity contribution in [3.05, 3.63) is 28.5 Å². The number of ketones is 1. The van der Waals surface area contributed by atoms with Crippen molar-refractivity contribution < 1.29 is 24.4 Å². The molecule has 2 aliphatic heterocycles. The third-order valence-electron chi connectivity index (χ3n) is 7.85. The normalized spacial score (nSPS) is 45.2. The molecule has 0 radical (unpaired) electrons. The van der Waals surface area contributed by atoms with Crippen LogP contribution in [0.3, 0.4) is 0 Å². The van der Waals surface area contributed by atoms with Crippen LogP contribution in [0.15, 0.2) is 12.1 Å². The number of phenolic OH excluding ortho intramolecular Hbond substituents is 1. The molecule has 6 nitrogen and oxygen atoms in total. The number of aliphatic hydroxyl groups is 1. The molecular weight excluding hydrogens is 334 g/mol. The Morgan fingerprint density at radius 1 is 1.31 bits per heavy atom. The summed E-state index contributed by atoms with van der Waals surface area (Å²) in [5.41, 5.74) is -0.359. The number of phenols is 1. The summed E-state index contributed by atoms with van der Waals surface area (Å²) in [5.74, 6) is 0.827. The number of ether oxygens (including phenoxy) is 1. The number of aromatic hydroxyl groups is 1. The van der Waals surface area contributed by atoms with Crippen molar-refractivity contribution in [2.75, 3.05) is 13.1 Å². The summed E-state index contributed by atoms with van der Waals surface area (Å²) in [5, 5.41) is 36.1. The monoisotopic (exact) mass is 357 g/mol. The first-order valence-electron chi connectivity index (χ1n) is 9.74. The molecule has 138 valence electrons. The van der Waals surface area contributed by atoms with E-state index in [1.165, 1.54) is 0 Å². The first-order valence-corrected chi connectivity index (χ1v) is 9.74. The van der Waals surface area contributed by atoms with E-state index in [9.17, 15) is 20.2 Å². The van der Waals surface area contributed by atoms with E-state index >= 15 is 0 Å². The van der Waals surface area contributed by atoms with Crippen LogP contribution in [-0.2, 0) is 16.6 Å². The summed E-state index contributed by atoms with van der Waals surface area (Å²) in [6.07, 6.45) is 2.91. The second-order valence-corrected chi connectivity index (χ2v) is 9.08. The smallest absolute Gasteiger partial charge is 0.174 e. The number of likely N-dealkylation sites (tertiary alicyclic amines) is 1. The van der Waals surface area contributed by atoms with Gasteiger partial charge in [-0.25, -0.2) is 0 Å². The lowest BCUT2D eigenvalue weighted by atomic mass is 9.49. The van der Waals surface area contributed by atoms with Crippen LogP contribution >= 0.6 is 0 Å². The summed E-state index contributed by atoms with van der Waals surface area (Å²) in [6, 6.07) is 2.98. The number of hydrogen-bond donors (Lipinski definition) is 2. The minimum Gasteiger partial charge on any atom is -0.632 e. The molecule has 5 aliphatic rings. The molecule has 26 heavy (non-hydrogen) atoms. The highest BCUT2D eigenvalue weighted by atomic mass is 16.6. The van der Waals surface area contributed by atoms with Crippen molar-refractivity contribution in [3.8, 4) is 11.5 Å². The van der Waals surface area contributed by atoms with Crippen LogP contribution in [-0.4, -0.2) is 51.5 Å². The Hall–Kier alpha value is -1.63. The van der Waals surface area contributed by atoms with Gasteiger partial charge in [-0.2, -0.15) is 0 Å². The molecular formula is C20H23NO5. The Labute approximate surface area is 151 Å². The van der Waals surface area contributed by atoms with E-state index in [1.807, 2.05) is 6.07 Å². The summed E-state index contributed by atoms with van der Waals surface area (Å²) < 4.78 is 5.63. The molecule has 3 fully saturated rings. The zero-order valence-corrected chi connectivity index (χ0v) is 14.6. The lowest BCUT2D eigenvalue weighted by molar-refractivity contribution is -0.923. The van der Waals surface area contributed by atoms with E-state index in [4.69, 9.17) is 4.74 Å². The fraction of sp³-hybridized carbons (Fsp3) is 0.650. The van der Waals surface area contributed by atoms with E-state index in [1.54, 1.807) is 6.07 Å². The Kier molecular flexibility index (Phi) is 2.63. The van der Waals surface area contributed by atoms with Crippen molar-refractivity contribution in [2.45, 2.75) is 61.7 Å². The molecule has 1 spiro atoms. The average Bonchev–Trinajstić information content (AvgIpc) is 3.32. The third-order valence-corrected chi connectivity index (χ3v) is 7.85. The lowest BCUT2D eigenvalue weighted by Gasteiger charge is -2.67. The van der Waals surface area contributed by atoms with Gasteiger partial charge in [-0.15, -0.1) is 0 Å². The van der Waals surface area contributed by atoms with Gasteiger partial charge < -0.3 is 24.8 Å². The Bertz CT molecular complexity index is 851. The van der Waals surface area contributed by atoms with Crippen LogP contribution in [0.2, 0.25) is 0 Å². The summed E-state index contributed by atoms with van der Waals surface area (Å²) >= 11 is 0. The van der Waals surface area contributed by atoms with Crippen LogP contribution in [0.4, 0.5) is 0 Å². The van der Waals surface area contributed by atoms with Gasteiger partial charge in [-0.05, 0) is 30.9 Å².